The standard InChI is InChI=1S/C20H23FN2O4/c21-15-3-1-2-13-18(24)10-17(22-19(13)15)20(25)23-16-6-9-27-11-14(16)12-4-7-26-8-5-12/h1-3,10,12,14,16H,4-9,11H2,(H,22,24)(H,23,25)/t14-,16-/m0/s1. The van der Waals surface area contributed by atoms with Crippen LogP contribution in [-0.4, -0.2) is 43.4 Å². The fourth-order valence-electron chi connectivity index (χ4n) is 4.15. The van der Waals surface area contributed by atoms with Gasteiger partial charge in [0, 0.05) is 43.2 Å². The molecule has 3 heterocycles. The van der Waals surface area contributed by atoms with E-state index in [4.69, 9.17) is 9.47 Å². The van der Waals surface area contributed by atoms with E-state index in [0.717, 1.165) is 32.5 Å². The number of carbonyl (C=O) groups is 1. The van der Waals surface area contributed by atoms with E-state index < -0.39 is 5.82 Å². The van der Waals surface area contributed by atoms with Crippen LogP contribution in [0.15, 0.2) is 29.1 Å². The van der Waals surface area contributed by atoms with Crippen LogP contribution in [0.3, 0.4) is 0 Å². The molecule has 0 aliphatic carbocycles. The van der Waals surface area contributed by atoms with Crippen LogP contribution in [0.4, 0.5) is 4.39 Å². The van der Waals surface area contributed by atoms with E-state index in [1.807, 2.05) is 0 Å². The smallest absolute Gasteiger partial charge is 0.268 e. The summed E-state index contributed by atoms with van der Waals surface area (Å²) >= 11 is 0. The molecule has 0 spiro atoms. The molecule has 0 unspecified atom stereocenters. The lowest BCUT2D eigenvalue weighted by atomic mass is 9.79. The van der Waals surface area contributed by atoms with Crippen molar-refractivity contribution in [2.24, 2.45) is 11.8 Å². The third kappa shape index (κ3) is 3.75. The largest absolute Gasteiger partial charge is 0.381 e. The van der Waals surface area contributed by atoms with Crippen molar-refractivity contribution in [1.29, 1.82) is 0 Å². The maximum Gasteiger partial charge on any atom is 0.268 e. The Kier molecular flexibility index (Phi) is 5.22. The number of hydrogen-bond donors (Lipinski definition) is 2. The van der Waals surface area contributed by atoms with Gasteiger partial charge < -0.3 is 19.8 Å². The van der Waals surface area contributed by atoms with Crippen LogP contribution in [0.25, 0.3) is 10.9 Å². The first-order valence-electron chi connectivity index (χ1n) is 9.41. The second kappa shape index (κ2) is 7.78. The lowest BCUT2D eigenvalue weighted by molar-refractivity contribution is -0.0259. The van der Waals surface area contributed by atoms with Crippen LogP contribution in [0.1, 0.15) is 29.8 Å². The summed E-state index contributed by atoms with van der Waals surface area (Å²) < 4.78 is 25.1. The van der Waals surface area contributed by atoms with Crippen molar-refractivity contribution in [2.45, 2.75) is 25.3 Å². The van der Waals surface area contributed by atoms with Crippen molar-refractivity contribution in [2.75, 3.05) is 26.4 Å². The molecule has 2 aliphatic heterocycles. The SMILES string of the molecule is O=C(N[C@H]1CCOC[C@H]1C1CCOCC1)c1cc(=O)c2cccc(F)c2[nH]1. The van der Waals surface area contributed by atoms with Gasteiger partial charge in [-0.15, -0.1) is 0 Å². The van der Waals surface area contributed by atoms with E-state index in [9.17, 15) is 14.0 Å². The number of fused-ring (bicyclic) bond motifs is 1. The van der Waals surface area contributed by atoms with E-state index in [-0.39, 0.29) is 39.9 Å². The Bertz CT molecular complexity index is 891. The van der Waals surface area contributed by atoms with Gasteiger partial charge in [-0.25, -0.2) is 4.39 Å². The molecule has 2 aromatic rings. The number of pyridine rings is 1. The van der Waals surface area contributed by atoms with Gasteiger partial charge in [-0.2, -0.15) is 0 Å². The number of rotatable bonds is 3. The minimum absolute atomic E-state index is 0.0332. The van der Waals surface area contributed by atoms with Crippen LogP contribution in [0.5, 0.6) is 0 Å². The molecule has 1 amide bonds. The van der Waals surface area contributed by atoms with Crippen molar-refractivity contribution in [1.82, 2.24) is 10.3 Å². The molecule has 1 aromatic heterocycles. The maximum atomic E-state index is 14.0. The van der Waals surface area contributed by atoms with Gasteiger partial charge in [0.2, 0.25) is 0 Å². The first-order chi connectivity index (χ1) is 13.1. The number of para-hydroxylation sites is 1. The number of amides is 1. The van der Waals surface area contributed by atoms with Gasteiger partial charge in [-0.05, 0) is 37.3 Å². The van der Waals surface area contributed by atoms with Crippen LogP contribution in [0.2, 0.25) is 0 Å². The number of carbonyl (C=O) groups excluding carboxylic acids is 1. The number of hydrogen-bond acceptors (Lipinski definition) is 4. The van der Waals surface area contributed by atoms with E-state index >= 15 is 0 Å². The van der Waals surface area contributed by atoms with Gasteiger partial charge in [0.25, 0.3) is 5.91 Å². The Hall–Kier alpha value is -2.25. The molecule has 2 N–H and O–H groups in total. The molecule has 2 fully saturated rings. The third-order valence-electron chi connectivity index (χ3n) is 5.65. The van der Waals surface area contributed by atoms with Crippen LogP contribution in [0, 0.1) is 17.7 Å². The summed E-state index contributed by atoms with van der Waals surface area (Å²) in [7, 11) is 0. The molecule has 0 bridgehead atoms. The van der Waals surface area contributed by atoms with Gasteiger partial charge in [0.05, 0.1) is 12.1 Å². The number of halogens is 1. The molecule has 2 aliphatic rings. The highest BCUT2D eigenvalue weighted by Gasteiger charge is 2.34. The Labute approximate surface area is 156 Å². The van der Waals surface area contributed by atoms with Crippen LogP contribution in [-0.2, 0) is 9.47 Å². The highest BCUT2D eigenvalue weighted by atomic mass is 19.1. The van der Waals surface area contributed by atoms with Gasteiger partial charge in [-0.3, -0.25) is 9.59 Å². The zero-order valence-electron chi connectivity index (χ0n) is 15.0. The number of benzene rings is 1. The number of aromatic nitrogens is 1. The number of ether oxygens (including phenoxy) is 2. The Morgan fingerprint density at radius 2 is 1.93 bits per heavy atom. The predicted octanol–water partition coefficient (Wildman–Crippen LogP) is 2.23. The van der Waals surface area contributed by atoms with Crippen LogP contribution >= 0.6 is 0 Å². The topological polar surface area (TPSA) is 80.4 Å². The van der Waals surface area contributed by atoms with Crippen molar-refractivity contribution >= 4 is 16.8 Å². The van der Waals surface area contributed by atoms with Gasteiger partial charge in [0.1, 0.15) is 11.5 Å². The Morgan fingerprint density at radius 1 is 1.15 bits per heavy atom. The number of H-pyrrole nitrogens is 1. The van der Waals surface area contributed by atoms with Crippen molar-refractivity contribution in [3.8, 4) is 0 Å². The molecule has 27 heavy (non-hydrogen) atoms. The fourth-order valence-corrected chi connectivity index (χ4v) is 4.15. The lowest BCUT2D eigenvalue weighted by Crippen LogP contribution is -2.49. The molecule has 0 saturated carbocycles. The molecular formula is C20H23FN2O4. The highest BCUT2D eigenvalue weighted by molar-refractivity contribution is 5.95. The molecule has 7 heteroatoms. The first-order valence-corrected chi connectivity index (χ1v) is 9.41. The quantitative estimate of drug-likeness (QED) is 0.863. The average molecular weight is 374 g/mol. The summed E-state index contributed by atoms with van der Waals surface area (Å²) in [5, 5.41) is 3.28. The van der Waals surface area contributed by atoms with Gasteiger partial charge in [0.15, 0.2) is 5.43 Å². The zero-order chi connectivity index (χ0) is 18.8. The Morgan fingerprint density at radius 3 is 2.74 bits per heavy atom. The summed E-state index contributed by atoms with van der Waals surface area (Å²) in [5.74, 6) is -0.278. The summed E-state index contributed by atoms with van der Waals surface area (Å²) in [6.07, 6.45) is 2.64. The van der Waals surface area contributed by atoms with E-state index in [2.05, 4.69) is 10.3 Å². The predicted molar refractivity (Wildman–Crippen MR) is 98.2 cm³/mol. The minimum Gasteiger partial charge on any atom is -0.381 e. The molecule has 2 saturated heterocycles. The van der Waals surface area contributed by atoms with Crippen molar-refractivity contribution in [3.63, 3.8) is 0 Å². The van der Waals surface area contributed by atoms with Crippen LogP contribution < -0.4 is 10.7 Å². The van der Waals surface area contributed by atoms with Crippen molar-refractivity contribution < 1.29 is 18.7 Å². The fraction of sp³-hybridized carbons (Fsp3) is 0.500. The summed E-state index contributed by atoms with van der Waals surface area (Å²) in [6, 6.07) is 5.49. The molecule has 6 nitrogen and oxygen atoms in total. The number of aromatic amines is 1. The Balaban J connectivity index is 1.56. The normalized spacial score (nSPS) is 24.0. The highest BCUT2D eigenvalue weighted by Crippen LogP contribution is 2.30. The molecule has 0 radical (unpaired) electrons. The minimum atomic E-state index is -0.551. The molecule has 2 atom stereocenters. The second-order valence-corrected chi connectivity index (χ2v) is 7.27. The second-order valence-electron chi connectivity index (χ2n) is 7.27. The lowest BCUT2D eigenvalue weighted by Gasteiger charge is -2.39. The van der Waals surface area contributed by atoms with E-state index in [0.29, 0.717) is 19.1 Å². The molecule has 1 aromatic carbocycles. The maximum absolute atomic E-state index is 14.0. The number of nitrogens with one attached hydrogen (secondary N) is 2. The van der Waals surface area contributed by atoms with E-state index in [1.165, 1.54) is 18.2 Å². The molecular weight excluding hydrogens is 351 g/mol. The molecule has 144 valence electrons. The van der Waals surface area contributed by atoms with Gasteiger partial charge in [-0.1, -0.05) is 6.07 Å². The summed E-state index contributed by atoms with van der Waals surface area (Å²) in [4.78, 5) is 27.8. The van der Waals surface area contributed by atoms with Crippen molar-refractivity contribution in [3.05, 3.63) is 46.0 Å². The first kappa shape index (κ1) is 18.1. The van der Waals surface area contributed by atoms with E-state index in [1.54, 1.807) is 6.07 Å². The summed E-state index contributed by atoms with van der Waals surface area (Å²) in [6.45, 7) is 2.67. The monoisotopic (exact) mass is 374 g/mol. The van der Waals surface area contributed by atoms with Gasteiger partial charge >= 0.3 is 0 Å². The zero-order valence-corrected chi connectivity index (χ0v) is 15.0. The third-order valence-corrected chi connectivity index (χ3v) is 5.65. The molecule has 4 rings (SSSR count). The average Bonchev–Trinajstić information content (AvgIpc) is 2.70. The summed E-state index contributed by atoms with van der Waals surface area (Å²) in [5.41, 5.74) is -0.237.